The van der Waals surface area contributed by atoms with Crippen molar-refractivity contribution in [2.45, 2.75) is 39.2 Å². The Labute approximate surface area is 169 Å². The number of halogens is 1. The van der Waals surface area contributed by atoms with Crippen molar-refractivity contribution in [3.05, 3.63) is 57.6 Å². The molecule has 0 aliphatic heterocycles. The molecule has 0 unspecified atom stereocenters. The van der Waals surface area contributed by atoms with Crippen LogP contribution in [0.3, 0.4) is 0 Å². The Kier molecular flexibility index (Phi) is 9.41. The second kappa shape index (κ2) is 11.0. The molecular weight excluding hydrogens is 407 g/mol. The van der Waals surface area contributed by atoms with Crippen LogP contribution in [0.5, 0.6) is 11.5 Å². The maximum Gasteiger partial charge on any atom is 0.314 e. The topological polar surface area (TPSA) is 122 Å². The number of hydrogen-bond donors (Lipinski definition) is 3. The van der Waals surface area contributed by atoms with Gasteiger partial charge in [0.15, 0.2) is 0 Å². The van der Waals surface area contributed by atoms with Gasteiger partial charge in [-0.25, -0.2) is 0 Å². The lowest BCUT2D eigenvalue weighted by molar-refractivity contribution is -0.384. The fraction of sp³-hybridized carbons (Fsp3) is 0.333. The highest BCUT2D eigenvalue weighted by Crippen LogP contribution is 2.34. The lowest BCUT2D eigenvalue weighted by Gasteiger charge is -2.29. The maximum absolute atomic E-state index is 11.3. The standard InChI is InChI=1S/C18H21ClN2O3.H3O3P/c1-4-18(3,5-2)20-16-12-15(10-11-17(16)21(22)23)24-14-8-6-13(19)7-9-14;1-4(2)3/h6-12,20H,4-5H2,1-3H3;4H,(H2,1,2,3). The van der Waals surface area contributed by atoms with Gasteiger partial charge in [0.1, 0.15) is 17.2 Å². The van der Waals surface area contributed by atoms with Crippen molar-refractivity contribution in [2.24, 2.45) is 0 Å². The molecule has 0 saturated carbocycles. The Morgan fingerprint density at radius 2 is 1.64 bits per heavy atom. The van der Waals surface area contributed by atoms with Crippen molar-refractivity contribution in [2.75, 3.05) is 5.32 Å². The molecule has 0 saturated heterocycles. The molecule has 28 heavy (non-hydrogen) atoms. The summed E-state index contributed by atoms with van der Waals surface area (Å²) in [6.07, 6.45) is 1.70. The van der Waals surface area contributed by atoms with E-state index in [-0.39, 0.29) is 16.1 Å². The summed E-state index contributed by atoms with van der Waals surface area (Å²) in [6, 6.07) is 11.7. The minimum absolute atomic E-state index is 0.0339. The smallest absolute Gasteiger partial charge is 0.314 e. The summed E-state index contributed by atoms with van der Waals surface area (Å²) in [5, 5.41) is 15.2. The van der Waals surface area contributed by atoms with E-state index in [0.717, 1.165) is 12.8 Å². The summed E-state index contributed by atoms with van der Waals surface area (Å²) < 4.78 is 14.5. The van der Waals surface area contributed by atoms with Gasteiger partial charge in [-0.1, -0.05) is 25.4 Å². The Balaban J connectivity index is 0.000000892. The van der Waals surface area contributed by atoms with Crippen molar-refractivity contribution >= 4 is 31.2 Å². The molecule has 2 rings (SSSR count). The van der Waals surface area contributed by atoms with Crippen molar-refractivity contribution in [3.63, 3.8) is 0 Å². The summed E-state index contributed by atoms with van der Waals surface area (Å²) in [5.74, 6) is 1.15. The molecule has 0 atom stereocenters. The molecule has 3 N–H and O–H groups in total. The van der Waals surface area contributed by atoms with Crippen LogP contribution in [0.4, 0.5) is 11.4 Å². The van der Waals surface area contributed by atoms with Crippen molar-refractivity contribution < 1.29 is 24.0 Å². The normalized spacial score (nSPS) is 10.8. The number of nitrogens with zero attached hydrogens (tertiary/aromatic N) is 1. The molecule has 0 amide bonds. The first-order chi connectivity index (χ1) is 13.1. The predicted octanol–water partition coefficient (Wildman–Crippen LogP) is 5.39. The predicted molar refractivity (Wildman–Crippen MR) is 111 cm³/mol. The average molecular weight is 431 g/mol. The molecule has 10 heteroatoms. The molecule has 0 spiro atoms. The van der Waals surface area contributed by atoms with Crippen molar-refractivity contribution in [3.8, 4) is 11.5 Å². The second-order valence-electron chi connectivity index (χ2n) is 6.17. The molecule has 0 radical (unpaired) electrons. The summed E-state index contributed by atoms with van der Waals surface area (Å²) >= 11 is 5.86. The number of anilines is 1. The van der Waals surface area contributed by atoms with Gasteiger partial charge >= 0.3 is 8.25 Å². The van der Waals surface area contributed by atoms with Crippen LogP contribution in [0.15, 0.2) is 42.5 Å². The van der Waals surface area contributed by atoms with Crippen LogP contribution < -0.4 is 10.1 Å². The van der Waals surface area contributed by atoms with Crippen LogP contribution in [0.25, 0.3) is 0 Å². The van der Waals surface area contributed by atoms with Crippen LogP contribution in [0, 0.1) is 10.1 Å². The summed E-state index contributed by atoms with van der Waals surface area (Å²) in [4.78, 5) is 25.2. The van der Waals surface area contributed by atoms with Gasteiger partial charge in [-0.3, -0.25) is 14.7 Å². The molecular formula is C18H24ClN2O6P. The van der Waals surface area contributed by atoms with Gasteiger partial charge in [-0.15, -0.1) is 0 Å². The second-order valence-corrected chi connectivity index (χ2v) is 7.17. The Hall–Kier alpha value is -2.12. The van der Waals surface area contributed by atoms with Crippen LogP contribution in [-0.2, 0) is 4.57 Å². The van der Waals surface area contributed by atoms with E-state index in [4.69, 9.17) is 30.7 Å². The first-order valence-corrected chi connectivity index (χ1v) is 10.2. The van der Waals surface area contributed by atoms with Crippen LogP contribution in [-0.4, -0.2) is 20.2 Å². The van der Waals surface area contributed by atoms with E-state index in [9.17, 15) is 10.1 Å². The third-order valence-corrected chi connectivity index (χ3v) is 4.46. The van der Waals surface area contributed by atoms with Gasteiger partial charge in [0.05, 0.1) is 4.92 Å². The molecule has 154 valence electrons. The zero-order valence-electron chi connectivity index (χ0n) is 15.8. The van der Waals surface area contributed by atoms with E-state index >= 15 is 0 Å². The highest BCUT2D eigenvalue weighted by molar-refractivity contribution is 7.30. The monoisotopic (exact) mass is 430 g/mol. The van der Waals surface area contributed by atoms with Gasteiger partial charge in [0.25, 0.3) is 5.69 Å². The minimum Gasteiger partial charge on any atom is -0.457 e. The Morgan fingerprint density at radius 3 is 2.11 bits per heavy atom. The van der Waals surface area contributed by atoms with E-state index in [1.165, 1.54) is 6.07 Å². The quantitative estimate of drug-likeness (QED) is 0.305. The molecule has 0 aromatic heterocycles. The molecule has 2 aromatic rings. The SMILES string of the molecule is CCC(C)(CC)Nc1cc(Oc2ccc(Cl)cc2)ccc1[N+](=O)[O-].O=[PH](O)O. The van der Waals surface area contributed by atoms with Gasteiger partial charge in [-0.2, -0.15) is 0 Å². The van der Waals surface area contributed by atoms with E-state index < -0.39 is 8.25 Å². The molecule has 2 aromatic carbocycles. The largest absolute Gasteiger partial charge is 0.457 e. The molecule has 0 heterocycles. The van der Waals surface area contributed by atoms with E-state index in [1.54, 1.807) is 36.4 Å². The fourth-order valence-electron chi connectivity index (χ4n) is 2.23. The van der Waals surface area contributed by atoms with Crippen LogP contribution >= 0.6 is 19.9 Å². The van der Waals surface area contributed by atoms with E-state index in [2.05, 4.69) is 19.2 Å². The lowest BCUT2D eigenvalue weighted by atomic mass is 9.95. The molecule has 8 nitrogen and oxygen atoms in total. The van der Waals surface area contributed by atoms with Crippen molar-refractivity contribution in [1.82, 2.24) is 0 Å². The Morgan fingerprint density at radius 1 is 1.14 bits per heavy atom. The summed E-state index contributed by atoms with van der Waals surface area (Å²) in [7, 11) is -3.13. The third-order valence-electron chi connectivity index (χ3n) is 4.21. The first kappa shape index (κ1) is 23.9. The number of hydrogen-bond acceptors (Lipinski definition) is 5. The number of benzene rings is 2. The van der Waals surface area contributed by atoms with Gasteiger partial charge in [0, 0.05) is 22.7 Å². The number of nitrogens with one attached hydrogen (secondary N) is 1. The molecule has 0 aliphatic rings. The fourth-order valence-corrected chi connectivity index (χ4v) is 2.35. The van der Waals surface area contributed by atoms with E-state index in [0.29, 0.717) is 22.2 Å². The Bertz CT molecular complexity index is 808. The van der Waals surface area contributed by atoms with Gasteiger partial charge in [0.2, 0.25) is 0 Å². The van der Waals surface area contributed by atoms with Gasteiger partial charge < -0.3 is 19.8 Å². The van der Waals surface area contributed by atoms with Crippen LogP contribution in [0.2, 0.25) is 5.02 Å². The number of nitro benzene ring substituents is 1. The maximum atomic E-state index is 11.3. The minimum atomic E-state index is -3.13. The number of ether oxygens (including phenoxy) is 1. The van der Waals surface area contributed by atoms with E-state index in [1.807, 2.05) is 6.92 Å². The molecule has 0 bridgehead atoms. The van der Waals surface area contributed by atoms with Gasteiger partial charge in [-0.05, 0) is 50.1 Å². The van der Waals surface area contributed by atoms with Crippen molar-refractivity contribution in [1.29, 1.82) is 0 Å². The third kappa shape index (κ3) is 7.86. The number of nitro groups is 1. The number of rotatable bonds is 7. The highest BCUT2D eigenvalue weighted by atomic mass is 35.5. The van der Waals surface area contributed by atoms with Crippen LogP contribution in [0.1, 0.15) is 33.6 Å². The lowest BCUT2D eigenvalue weighted by Crippen LogP contribution is -2.33. The summed E-state index contributed by atoms with van der Waals surface area (Å²) in [5.41, 5.74) is 0.271. The first-order valence-electron chi connectivity index (χ1n) is 8.52. The zero-order valence-corrected chi connectivity index (χ0v) is 17.6. The summed E-state index contributed by atoms with van der Waals surface area (Å²) in [6.45, 7) is 6.15. The zero-order chi connectivity index (χ0) is 21.3. The average Bonchev–Trinajstić information content (AvgIpc) is 2.63. The molecule has 0 fully saturated rings. The molecule has 0 aliphatic carbocycles. The highest BCUT2D eigenvalue weighted by Gasteiger charge is 2.24.